The number of rotatable bonds is 7. The molecule has 4 aromatic carbocycles. The van der Waals surface area contributed by atoms with Crippen LogP contribution in [0.15, 0.2) is 97.1 Å². The molecule has 0 N–H and O–H groups in total. The minimum absolute atomic E-state index is 0.113. The first-order valence-corrected chi connectivity index (χ1v) is 12.1. The standard InChI is InChI=1S/C30H22O5S/c1-33-22-12-10-20(11-13-22)29-27(25-17-16-24(34-2)18-26(25)36-29)28(31)19-8-14-23(15-9-19)35-30(32)21-6-4-3-5-7-21/h3-18H,1-2H3. The average Bonchev–Trinajstić information content (AvgIpc) is 3.32. The van der Waals surface area contributed by atoms with Crippen molar-refractivity contribution in [1.82, 2.24) is 0 Å². The van der Waals surface area contributed by atoms with E-state index in [1.54, 1.807) is 74.1 Å². The fraction of sp³-hybridized carbons (Fsp3) is 0.0667. The Balaban J connectivity index is 1.50. The van der Waals surface area contributed by atoms with Crippen LogP contribution in [-0.2, 0) is 0 Å². The number of carbonyl (C=O) groups is 2. The molecule has 0 saturated carbocycles. The summed E-state index contributed by atoms with van der Waals surface area (Å²) in [6, 6.07) is 28.8. The molecular formula is C30H22O5S. The van der Waals surface area contributed by atoms with Gasteiger partial charge in [-0.3, -0.25) is 4.79 Å². The largest absolute Gasteiger partial charge is 0.497 e. The van der Waals surface area contributed by atoms with E-state index in [2.05, 4.69) is 0 Å². The normalized spacial score (nSPS) is 10.7. The third-order valence-corrected chi connectivity index (χ3v) is 7.01. The van der Waals surface area contributed by atoms with Crippen LogP contribution in [0.5, 0.6) is 17.2 Å². The second-order valence-corrected chi connectivity index (χ2v) is 9.06. The Kier molecular flexibility index (Phi) is 6.52. The van der Waals surface area contributed by atoms with E-state index < -0.39 is 5.97 Å². The number of thiophene rings is 1. The van der Waals surface area contributed by atoms with E-state index in [9.17, 15) is 9.59 Å². The number of benzene rings is 4. The summed E-state index contributed by atoms with van der Waals surface area (Å²) in [5.41, 5.74) is 2.51. The summed E-state index contributed by atoms with van der Waals surface area (Å²) in [4.78, 5) is 27.0. The maximum atomic E-state index is 13.8. The highest BCUT2D eigenvalue weighted by Gasteiger charge is 2.22. The molecule has 0 radical (unpaired) electrons. The molecule has 6 heteroatoms. The van der Waals surface area contributed by atoms with E-state index >= 15 is 0 Å². The summed E-state index contributed by atoms with van der Waals surface area (Å²) in [5.74, 6) is 1.28. The Bertz CT molecular complexity index is 1530. The molecule has 5 rings (SSSR count). The van der Waals surface area contributed by atoms with E-state index in [1.807, 2.05) is 48.5 Å². The Morgan fingerprint density at radius 2 is 1.31 bits per heavy atom. The van der Waals surface area contributed by atoms with Crippen LogP contribution in [0, 0.1) is 0 Å². The van der Waals surface area contributed by atoms with Crippen LogP contribution in [0.1, 0.15) is 26.3 Å². The number of methoxy groups -OCH3 is 2. The SMILES string of the molecule is COc1ccc(-c2sc3cc(OC)ccc3c2C(=O)c2ccc(OC(=O)c3ccccc3)cc2)cc1. The first-order chi connectivity index (χ1) is 17.6. The van der Waals surface area contributed by atoms with Gasteiger partial charge in [-0.25, -0.2) is 4.79 Å². The zero-order chi connectivity index (χ0) is 25.1. The summed E-state index contributed by atoms with van der Waals surface area (Å²) in [6.45, 7) is 0. The summed E-state index contributed by atoms with van der Waals surface area (Å²) < 4.78 is 17.1. The highest BCUT2D eigenvalue weighted by molar-refractivity contribution is 7.22. The van der Waals surface area contributed by atoms with Crippen LogP contribution in [0.25, 0.3) is 20.5 Å². The Morgan fingerprint density at radius 3 is 1.97 bits per heavy atom. The minimum Gasteiger partial charge on any atom is -0.497 e. The van der Waals surface area contributed by atoms with Crippen LogP contribution in [0.3, 0.4) is 0 Å². The minimum atomic E-state index is -0.450. The fourth-order valence-electron chi connectivity index (χ4n) is 3.93. The lowest BCUT2D eigenvalue weighted by atomic mass is 9.97. The summed E-state index contributed by atoms with van der Waals surface area (Å²) in [6.07, 6.45) is 0. The number of carbonyl (C=O) groups excluding carboxylic acids is 2. The van der Waals surface area contributed by atoms with Gasteiger partial charge in [0.2, 0.25) is 0 Å². The topological polar surface area (TPSA) is 61.8 Å². The van der Waals surface area contributed by atoms with E-state index in [1.165, 1.54) is 0 Å². The van der Waals surface area contributed by atoms with Gasteiger partial charge in [0.05, 0.1) is 19.8 Å². The smallest absolute Gasteiger partial charge is 0.343 e. The van der Waals surface area contributed by atoms with Crippen molar-refractivity contribution in [3.8, 4) is 27.7 Å². The van der Waals surface area contributed by atoms with Gasteiger partial charge < -0.3 is 14.2 Å². The predicted octanol–water partition coefficient (Wildman–Crippen LogP) is 7.04. The van der Waals surface area contributed by atoms with E-state index in [-0.39, 0.29) is 5.78 Å². The van der Waals surface area contributed by atoms with Crippen molar-refractivity contribution < 1.29 is 23.8 Å². The van der Waals surface area contributed by atoms with Gasteiger partial charge in [0.1, 0.15) is 17.2 Å². The molecule has 1 heterocycles. The van der Waals surface area contributed by atoms with Crippen molar-refractivity contribution in [2.45, 2.75) is 0 Å². The number of ketones is 1. The van der Waals surface area contributed by atoms with E-state index in [0.29, 0.717) is 22.4 Å². The molecule has 0 aliphatic carbocycles. The Hall–Kier alpha value is -4.42. The Labute approximate surface area is 212 Å². The van der Waals surface area contributed by atoms with Gasteiger partial charge in [0.25, 0.3) is 0 Å². The van der Waals surface area contributed by atoms with Gasteiger partial charge in [0, 0.05) is 26.1 Å². The van der Waals surface area contributed by atoms with Crippen molar-refractivity contribution in [1.29, 1.82) is 0 Å². The predicted molar refractivity (Wildman–Crippen MR) is 142 cm³/mol. The van der Waals surface area contributed by atoms with E-state index in [0.717, 1.165) is 32.0 Å². The Morgan fingerprint density at radius 1 is 0.667 bits per heavy atom. The first kappa shape index (κ1) is 23.3. The maximum Gasteiger partial charge on any atom is 0.343 e. The molecule has 0 aliphatic heterocycles. The third-order valence-electron chi connectivity index (χ3n) is 5.81. The van der Waals surface area contributed by atoms with Crippen LogP contribution in [0.4, 0.5) is 0 Å². The molecule has 36 heavy (non-hydrogen) atoms. The van der Waals surface area contributed by atoms with Gasteiger partial charge in [-0.15, -0.1) is 11.3 Å². The number of esters is 1. The maximum absolute atomic E-state index is 13.8. The lowest BCUT2D eigenvalue weighted by molar-refractivity contribution is 0.0734. The molecule has 1 aromatic heterocycles. The molecule has 0 spiro atoms. The average molecular weight is 495 g/mol. The van der Waals surface area contributed by atoms with E-state index in [4.69, 9.17) is 14.2 Å². The molecule has 0 atom stereocenters. The monoisotopic (exact) mass is 494 g/mol. The van der Waals surface area contributed by atoms with Gasteiger partial charge in [-0.2, -0.15) is 0 Å². The third kappa shape index (κ3) is 4.59. The van der Waals surface area contributed by atoms with Gasteiger partial charge >= 0.3 is 5.97 Å². The number of hydrogen-bond acceptors (Lipinski definition) is 6. The quantitative estimate of drug-likeness (QED) is 0.138. The molecule has 0 amide bonds. The molecular weight excluding hydrogens is 472 g/mol. The zero-order valence-electron chi connectivity index (χ0n) is 19.7. The molecule has 5 nitrogen and oxygen atoms in total. The van der Waals surface area contributed by atoms with Gasteiger partial charge in [0.15, 0.2) is 5.78 Å². The summed E-state index contributed by atoms with van der Waals surface area (Å²) in [5, 5.41) is 0.858. The summed E-state index contributed by atoms with van der Waals surface area (Å²) in [7, 11) is 3.24. The lowest BCUT2D eigenvalue weighted by Gasteiger charge is -2.08. The second-order valence-electron chi connectivity index (χ2n) is 8.01. The second kappa shape index (κ2) is 10.1. The molecule has 0 unspecified atom stereocenters. The van der Waals surface area contributed by atoms with Crippen molar-refractivity contribution in [3.63, 3.8) is 0 Å². The van der Waals surface area contributed by atoms with Gasteiger partial charge in [-0.05, 0) is 84.4 Å². The highest BCUT2D eigenvalue weighted by atomic mass is 32.1. The molecule has 0 fully saturated rings. The van der Waals surface area contributed by atoms with Crippen LogP contribution >= 0.6 is 11.3 Å². The molecule has 178 valence electrons. The molecule has 0 saturated heterocycles. The summed E-state index contributed by atoms with van der Waals surface area (Å²) >= 11 is 1.54. The number of hydrogen-bond donors (Lipinski definition) is 0. The highest BCUT2D eigenvalue weighted by Crippen LogP contribution is 2.41. The van der Waals surface area contributed by atoms with Crippen molar-refractivity contribution in [3.05, 3.63) is 114 Å². The van der Waals surface area contributed by atoms with Crippen LogP contribution < -0.4 is 14.2 Å². The molecule has 0 bridgehead atoms. The molecule has 5 aromatic rings. The zero-order valence-corrected chi connectivity index (χ0v) is 20.5. The lowest BCUT2D eigenvalue weighted by Crippen LogP contribution is -2.08. The van der Waals surface area contributed by atoms with Gasteiger partial charge in [-0.1, -0.05) is 18.2 Å². The van der Waals surface area contributed by atoms with Crippen molar-refractivity contribution in [2.75, 3.05) is 14.2 Å². The first-order valence-electron chi connectivity index (χ1n) is 11.2. The van der Waals surface area contributed by atoms with Crippen LogP contribution in [-0.4, -0.2) is 26.0 Å². The number of fused-ring (bicyclic) bond motifs is 1. The fourth-order valence-corrected chi connectivity index (χ4v) is 5.17. The number of ether oxygens (including phenoxy) is 3. The van der Waals surface area contributed by atoms with Crippen molar-refractivity contribution in [2.24, 2.45) is 0 Å². The van der Waals surface area contributed by atoms with Crippen LogP contribution in [0.2, 0.25) is 0 Å². The molecule has 0 aliphatic rings. The van der Waals surface area contributed by atoms with Crippen molar-refractivity contribution >= 4 is 33.2 Å².